The van der Waals surface area contributed by atoms with E-state index in [4.69, 9.17) is 0 Å². The largest absolute Gasteiger partial charge is 0.307 e. The minimum atomic E-state index is 0.620. The maximum Gasteiger partial charge on any atom is 0.140 e. The summed E-state index contributed by atoms with van der Waals surface area (Å²) in [6.45, 7) is 4.60. The van der Waals surface area contributed by atoms with Crippen LogP contribution in [0.5, 0.6) is 0 Å². The van der Waals surface area contributed by atoms with Crippen LogP contribution >= 0.6 is 0 Å². The van der Waals surface area contributed by atoms with Crippen LogP contribution in [0.2, 0.25) is 0 Å². The topological polar surface area (TPSA) is 42.7 Å². The van der Waals surface area contributed by atoms with Gasteiger partial charge in [0.25, 0.3) is 0 Å². The molecule has 16 heavy (non-hydrogen) atoms. The number of hydrogen-bond donors (Lipinski definition) is 1. The molecule has 1 aliphatic carbocycles. The minimum Gasteiger partial charge on any atom is -0.307 e. The van der Waals surface area contributed by atoms with Gasteiger partial charge in [-0.2, -0.15) is 5.10 Å². The lowest BCUT2D eigenvalue weighted by molar-refractivity contribution is 0.426. The van der Waals surface area contributed by atoms with Crippen LogP contribution in [0.3, 0.4) is 0 Å². The molecule has 2 rings (SSSR count). The minimum absolute atomic E-state index is 0.620. The monoisotopic (exact) mass is 220 g/mol. The van der Waals surface area contributed by atoms with Crippen LogP contribution in [0.25, 0.3) is 0 Å². The highest BCUT2D eigenvalue weighted by Crippen LogP contribution is 2.34. The van der Waals surface area contributed by atoms with E-state index in [0.29, 0.717) is 6.04 Å². The van der Waals surface area contributed by atoms with Crippen molar-refractivity contribution in [2.24, 2.45) is 13.0 Å². The number of rotatable bonds is 7. The first-order chi connectivity index (χ1) is 7.81. The van der Waals surface area contributed by atoms with E-state index in [9.17, 15) is 0 Å². The van der Waals surface area contributed by atoms with Gasteiger partial charge in [0, 0.05) is 13.1 Å². The van der Waals surface area contributed by atoms with E-state index in [0.717, 1.165) is 24.7 Å². The summed E-state index contributed by atoms with van der Waals surface area (Å²) in [5.41, 5.74) is 0. The van der Waals surface area contributed by atoms with Gasteiger partial charge in [-0.3, -0.25) is 4.68 Å². The van der Waals surface area contributed by atoms with Gasteiger partial charge in [0.05, 0.1) is 6.54 Å². The van der Waals surface area contributed by atoms with Crippen molar-refractivity contribution in [3.05, 3.63) is 24.8 Å². The average molecular weight is 220 g/mol. The SMILES string of the molecule is C=CCCC(NCc1ncnn1C)C1CC1. The molecule has 4 heteroatoms. The molecule has 1 aromatic heterocycles. The second-order valence-electron chi connectivity index (χ2n) is 4.49. The molecule has 0 amide bonds. The average Bonchev–Trinajstić information content (AvgIpc) is 3.04. The Morgan fingerprint density at radius 1 is 1.69 bits per heavy atom. The molecule has 0 aromatic carbocycles. The molecule has 1 unspecified atom stereocenters. The molecule has 0 bridgehead atoms. The third-order valence-electron chi connectivity index (χ3n) is 3.20. The second kappa shape index (κ2) is 5.25. The van der Waals surface area contributed by atoms with Gasteiger partial charge in [-0.25, -0.2) is 4.98 Å². The summed E-state index contributed by atoms with van der Waals surface area (Å²) in [5.74, 6) is 1.87. The highest BCUT2D eigenvalue weighted by molar-refractivity contribution is 4.90. The standard InChI is InChI=1S/C12H20N4/c1-3-4-5-11(10-6-7-10)13-8-12-14-9-15-16(12)2/h3,9-11,13H,1,4-8H2,2H3. The summed E-state index contributed by atoms with van der Waals surface area (Å²) in [5, 5.41) is 7.66. The maximum atomic E-state index is 4.22. The lowest BCUT2D eigenvalue weighted by atomic mass is 10.1. The highest BCUT2D eigenvalue weighted by atomic mass is 15.3. The molecule has 4 nitrogen and oxygen atoms in total. The Balaban J connectivity index is 1.81. The molecule has 0 saturated heterocycles. The predicted molar refractivity (Wildman–Crippen MR) is 63.8 cm³/mol. The zero-order valence-electron chi connectivity index (χ0n) is 9.89. The summed E-state index contributed by atoms with van der Waals surface area (Å²) in [6.07, 6.45) is 8.62. The molecule has 1 fully saturated rings. The van der Waals surface area contributed by atoms with Gasteiger partial charge in [-0.05, 0) is 31.6 Å². The summed E-state index contributed by atoms with van der Waals surface area (Å²) in [6, 6.07) is 0.620. The molecule has 0 spiro atoms. The van der Waals surface area contributed by atoms with E-state index in [1.807, 2.05) is 17.8 Å². The van der Waals surface area contributed by atoms with Gasteiger partial charge in [0.1, 0.15) is 12.2 Å². The molecule has 1 aromatic rings. The fourth-order valence-corrected chi connectivity index (χ4v) is 2.00. The second-order valence-corrected chi connectivity index (χ2v) is 4.49. The van der Waals surface area contributed by atoms with Crippen molar-refractivity contribution in [1.29, 1.82) is 0 Å². The number of nitrogens with one attached hydrogen (secondary N) is 1. The van der Waals surface area contributed by atoms with Crippen molar-refractivity contribution < 1.29 is 0 Å². The summed E-state index contributed by atoms with van der Waals surface area (Å²) >= 11 is 0. The van der Waals surface area contributed by atoms with Crippen LogP contribution in [0, 0.1) is 5.92 Å². The van der Waals surface area contributed by atoms with E-state index >= 15 is 0 Å². The van der Waals surface area contributed by atoms with Crippen molar-refractivity contribution in [3.8, 4) is 0 Å². The van der Waals surface area contributed by atoms with E-state index < -0.39 is 0 Å². The molecular weight excluding hydrogens is 200 g/mol. The lowest BCUT2D eigenvalue weighted by Gasteiger charge is -2.16. The number of allylic oxidation sites excluding steroid dienone is 1. The Morgan fingerprint density at radius 3 is 3.06 bits per heavy atom. The van der Waals surface area contributed by atoms with Crippen molar-refractivity contribution in [1.82, 2.24) is 20.1 Å². The normalized spacial score (nSPS) is 17.3. The quantitative estimate of drug-likeness (QED) is 0.710. The molecule has 1 heterocycles. The van der Waals surface area contributed by atoms with E-state index in [2.05, 4.69) is 22.0 Å². The Kier molecular flexibility index (Phi) is 3.72. The Labute approximate surface area is 96.8 Å². The number of nitrogens with zero attached hydrogens (tertiary/aromatic N) is 3. The highest BCUT2D eigenvalue weighted by Gasteiger charge is 2.30. The molecule has 0 aliphatic heterocycles. The zero-order chi connectivity index (χ0) is 11.4. The third-order valence-corrected chi connectivity index (χ3v) is 3.20. The number of hydrogen-bond acceptors (Lipinski definition) is 3. The Bertz CT molecular complexity index is 341. The van der Waals surface area contributed by atoms with E-state index in [-0.39, 0.29) is 0 Å². The van der Waals surface area contributed by atoms with Crippen LogP contribution in [0.4, 0.5) is 0 Å². The first-order valence-corrected chi connectivity index (χ1v) is 5.98. The van der Waals surface area contributed by atoms with Crippen molar-refractivity contribution in [2.75, 3.05) is 0 Å². The van der Waals surface area contributed by atoms with Crippen LogP contribution in [0.1, 0.15) is 31.5 Å². The summed E-state index contributed by atoms with van der Waals surface area (Å²) in [7, 11) is 1.93. The van der Waals surface area contributed by atoms with Crippen LogP contribution in [0.15, 0.2) is 19.0 Å². The summed E-state index contributed by atoms with van der Waals surface area (Å²) in [4.78, 5) is 4.22. The molecule has 1 atom stereocenters. The van der Waals surface area contributed by atoms with E-state index in [1.165, 1.54) is 19.3 Å². The van der Waals surface area contributed by atoms with Gasteiger partial charge in [-0.1, -0.05) is 6.08 Å². The number of aryl methyl sites for hydroxylation is 1. The first-order valence-electron chi connectivity index (χ1n) is 5.98. The molecular formula is C12H20N4. The van der Waals surface area contributed by atoms with Crippen molar-refractivity contribution in [2.45, 2.75) is 38.3 Å². The van der Waals surface area contributed by atoms with Crippen LogP contribution in [-0.4, -0.2) is 20.8 Å². The van der Waals surface area contributed by atoms with Gasteiger partial charge < -0.3 is 5.32 Å². The smallest absolute Gasteiger partial charge is 0.140 e. The lowest BCUT2D eigenvalue weighted by Crippen LogP contribution is -2.31. The van der Waals surface area contributed by atoms with Crippen molar-refractivity contribution >= 4 is 0 Å². The first kappa shape index (κ1) is 11.3. The molecule has 1 saturated carbocycles. The van der Waals surface area contributed by atoms with Gasteiger partial charge >= 0.3 is 0 Å². The molecule has 1 aliphatic rings. The molecule has 0 radical (unpaired) electrons. The van der Waals surface area contributed by atoms with Crippen molar-refractivity contribution in [3.63, 3.8) is 0 Å². The van der Waals surface area contributed by atoms with E-state index in [1.54, 1.807) is 6.33 Å². The predicted octanol–water partition coefficient (Wildman–Crippen LogP) is 1.65. The Morgan fingerprint density at radius 2 is 2.50 bits per heavy atom. The third kappa shape index (κ3) is 2.92. The number of aromatic nitrogens is 3. The Hall–Kier alpha value is -1.16. The molecule has 1 N–H and O–H groups in total. The fourth-order valence-electron chi connectivity index (χ4n) is 2.00. The van der Waals surface area contributed by atoms with Crippen LogP contribution in [-0.2, 0) is 13.6 Å². The molecule has 88 valence electrons. The van der Waals surface area contributed by atoms with Gasteiger partial charge in [0.2, 0.25) is 0 Å². The maximum absolute atomic E-state index is 4.22. The zero-order valence-corrected chi connectivity index (χ0v) is 9.89. The summed E-state index contributed by atoms with van der Waals surface area (Å²) < 4.78 is 1.82. The fraction of sp³-hybridized carbons (Fsp3) is 0.667. The van der Waals surface area contributed by atoms with Gasteiger partial charge in [0.15, 0.2) is 0 Å². The van der Waals surface area contributed by atoms with Crippen LogP contribution < -0.4 is 5.32 Å². The van der Waals surface area contributed by atoms with Gasteiger partial charge in [-0.15, -0.1) is 6.58 Å².